The Kier molecular flexibility index (Phi) is 3.89. The molecule has 20 heavy (non-hydrogen) atoms. The Morgan fingerprint density at radius 3 is 2.55 bits per heavy atom. The molecule has 116 valence electrons. The van der Waals surface area contributed by atoms with Crippen molar-refractivity contribution in [2.45, 2.75) is 77.0 Å². The van der Waals surface area contributed by atoms with Gasteiger partial charge in [-0.1, -0.05) is 27.2 Å². The second-order valence-corrected chi connectivity index (χ2v) is 8.00. The maximum Gasteiger partial charge on any atom is 0.0771 e. The van der Waals surface area contributed by atoms with Crippen LogP contribution in [0.3, 0.4) is 0 Å². The van der Waals surface area contributed by atoms with Crippen molar-refractivity contribution in [2.24, 2.45) is 17.3 Å². The smallest absolute Gasteiger partial charge is 0.0771 e. The molecule has 0 spiro atoms. The van der Waals surface area contributed by atoms with Crippen molar-refractivity contribution in [1.82, 2.24) is 5.32 Å². The SMILES string of the molecule is CCC1CCC(O)(CNC2C3CCOC3C2(C)C)CC1. The van der Waals surface area contributed by atoms with E-state index in [9.17, 15) is 5.11 Å². The van der Waals surface area contributed by atoms with E-state index in [-0.39, 0.29) is 5.41 Å². The van der Waals surface area contributed by atoms with Gasteiger partial charge in [-0.15, -0.1) is 0 Å². The monoisotopic (exact) mass is 281 g/mol. The summed E-state index contributed by atoms with van der Waals surface area (Å²) in [4.78, 5) is 0. The van der Waals surface area contributed by atoms with E-state index in [0.717, 1.165) is 31.9 Å². The molecule has 0 aromatic rings. The zero-order valence-corrected chi connectivity index (χ0v) is 13.3. The zero-order chi connectivity index (χ0) is 14.4. The topological polar surface area (TPSA) is 41.5 Å². The Morgan fingerprint density at radius 2 is 1.90 bits per heavy atom. The molecule has 1 aliphatic heterocycles. The summed E-state index contributed by atoms with van der Waals surface area (Å²) in [5.74, 6) is 1.50. The van der Waals surface area contributed by atoms with Crippen LogP contribution in [-0.2, 0) is 4.74 Å². The minimum atomic E-state index is -0.466. The zero-order valence-electron chi connectivity index (χ0n) is 13.3. The van der Waals surface area contributed by atoms with E-state index in [1.807, 2.05) is 0 Å². The third-order valence-electron chi connectivity index (χ3n) is 6.36. The van der Waals surface area contributed by atoms with Gasteiger partial charge in [0.15, 0.2) is 0 Å². The third-order valence-corrected chi connectivity index (χ3v) is 6.36. The second-order valence-electron chi connectivity index (χ2n) is 8.00. The first-order valence-electron chi connectivity index (χ1n) is 8.53. The van der Waals surface area contributed by atoms with Crippen molar-refractivity contribution in [3.63, 3.8) is 0 Å². The Morgan fingerprint density at radius 1 is 1.20 bits per heavy atom. The van der Waals surface area contributed by atoms with Crippen LogP contribution >= 0.6 is 0 Å². The Balaban J connectivity index is 1.52. The van der Waals surface area contributed by atoms with Crippen LogP contribution in [0.2, 0.25) is 0 Å². The minimum Gasteiger partial charge on any atom is -0.389 e. The highest BCUT2D eigenvalue weighted by atomic mass is 16.5. The molecule has 3 unspecified atom stereocenters. The molecule has 1 heterocycles. The normalized spacial score (nSPS) is 46.8. The van der Waals surface area contributed by atoms with Crippen LogP contribution in [0.1, 0.15) is 59.3 Å². The first-order valence-corrected chi connectivity index (χ1v) is 8.53. The van der Waals surface area contributed by atoms with E-state index in [1.54, 1.807) is 0 Å². The van der Waals surface area contributed by atoms with Gasteiger partial charge in [0.2, 0.25) is 0 Å². The van der Waals surface area contributed by atoms with E-state index in [2.05, 4.69) is 26.1 Å². The molecule has 0 amide bonds. The fourth-order valence-corrected chi connectivity index (χ4v) is 4.84. The number of hydrogen-bond acceptors (Lipinski definition) is 3. The largest absolute Gasteiger partial charge is 0.389 e. The van der Waals surface area contributed by atoms with Crippen molar-refractivity contribution in [3.05, 3.63) is 0 Å². The second kappa shape index (κ2) is 5.26. The van der Waals surface area contributed by atoms with Gasteiger partial charge in [-0.2, -0.15) is 0 Å². The summed E-state index contributed by atoms with van der Waals surface area (Å²) in [7, 11) is 0. The highest BCUT2D eigenvalue weighted by molar-refractivity contribution is 5.11. The molecule has 0 radical (unpaired) electrons. The van der Waals surface area contributed by atoms with Gasteiger partial charge in [0.1, 0.15) is 0 Å². The van der Waals surface area contributed by atoms with Gasteiger partial charge in [-0.25, -0.2) is 0 Å². The van der Waals surface area contributed by atoms with Gasteiger partial charge in [0.25, 0.3) is 0 Å². The molecule has 1 saturated heterocycles. The molecule has 0 aromatic heterocycles. The molecule has 0 bridgehead atoms. The van der Waals surface area contributed by atoms with Crippen LogP contribution in [0.25, 0.3) is 0 Å². The molecule has 3 heteroatoms. The van der Waals surface area contributed by atoms with E-state index < -0.39 is 5.60 Å². The van der Waals surface area contributed by atoms with Crippen molar-refractivity contribution in [2.75, 3.05) is 13.2 Å². The third kappa shape index (κ3) is 2.42. The van der Waals surface area contributed by atoms with Gasteiger partial charge >= 0.3 is 0 Å². The summed E-state index contributed by atoms with van der Waals surface area (Å²) in [6.07, 6.45) is 7.20. The van der Waals surface area contributed by atoms with Crippen LogP contribution in [0.4, 0.5) is 0 Å². The summed E-state index contributed by atoms with van der Waals surface area (Å²) >= 11 is 0. The van der Waals surface area contributed by atoms with Gasteiger partial charge in [-0.05, 0) is 38.0 Å². The lowest BCUT2D eigenvalue weighted by atomic mass is 9.57. The number of fused-ring (bicyclic) bond motifs is 1. The van der Waals surface area contributed by atoms with Crippen molar-refractivity contribution in [3.8, 4) is 0 Å². The molecule has 3 aliphatic rings. The van der Waals surface area contributed by atoms with Gasteiger partial charge in [0.05, 0.1) is 11.7 Å². The standard InChI is InChI=1S/C17H31NO2/c1-4-12-5-8-17(19,9-6-12)11-18-14-13-7-10-20-15(13)16(14,2)3/h12-15,18-19H,4-11H2,1-3H3. The molecular formula is C17H31NO2. The van der Waals surface area contributed by atoms with Crippen LogP contribution in [0, 0.1) is 17.3 Å². The molecule has 3 rings (SSSR count). The van der Waals surface area contributed by atoms with E-state index in [0.29, 0.717) is 18.1 Å². The summed E-state index contributed by atoms with van der Waals surface area (Å²) in [5.41, 5.74) is -0.246. The molecule has 3 atom stereocenters. The van der Waals surface area contributed by atoms with E-state index >= 15 is 0 Å². The lowest BCUT2D eigenvalue weighted by Crippen LogP contribution is -2.67. The van der Waals surface area contributed by atoms with Gasteiger partial charge < -0.3 is 15.2 Å². The van der Waals surface area contributed by atoms with Gasteiger partial charge in [0, 0.05) is 30.5 Å². The number of nitrogens with one attached hydrogen (secondary N) is 1. The Hall–Kier alpha value is -0.120. The number of hydrogen-bond donors (Lipinski definition) is 2. The van der Waals surface area contributed by atoms with Crippen LogP contribution in [0.5, 0.6) is 0 Å². The molecular weight excluding hydrogens is 250 g/mol. The predicted octanol–water partition coefficient (Wildman–Crippen LogP) is 2.72. The average Bonchev–Trinajstić information content (AvgIpc) is 2.86. The summed E-state index contributed by atoms with van der Waals surface area (Å²) in [5, 5.41) is 14.5. The molecule has 3 nitrogen and oxygen atoms in total. The molecule has 0 aromatic carbocycles. The molecule has 2 aliphatic carbocycles. The van der Waals surface area contributed by atoms with E-state index in [1.165, 1.54) is 25.7 Å². The van der Waals surface area contributed by atoms with E-state index in [4.69, 9.17) is 4.74 Å². The maximum absolute atomic E-state index is 10.8. The highest BCUT2D eigenvalue weighted by Gasteiger charge is 2.59. The highest BCUT2D eigenvalue weighted by Crippen LogP contribution is 2.52. The summed E-state index contributed by atoms with van der Waals surface area (Å²) in [6.45, 7) is 8.55. The minimum absolute atomic E-state index is 0.220. The van der Waals surface area contributed by atoms with Crippen LogP contribution < -0.4 is 5.32 Å². The summed E-state index contributed by atoms with van der Waals surface area (Å²) in [6, 6.07) is 0.517. The number of ether oxygens (including phenoxy) is 1. The first-order chi connectivity index (χ1) is 9.46. The molecule has 2 saturated carbocycles. The van der Waals surface area contributed by atoms with Crippen LogP contribution in [0.15, 0.2) is 0 Å². The Labute approximate surface area is 123 Å². The fraction of sp³-hybridized carbons (Fsp3) is 1.00. The molecule has 3 fully saturated rings. The maximum atomic E-state index is 10.8. The van der Waals surface area contributed by atoms with Gasteiger partial charge in [-0.3, -0.25) is 0 Å². The van der Waals surface area contributed by atoms with Crippen molar-refractivity contribution < 1.29 is 9.84 Å². The first kappa shape index (κ1) is 14.8. The Bertz CT molecular complexity index is 347. The predicted molar refractivity (Wildman–Crippen MR) is 80.6 cm³/mol. The van der Waals surface area contributed by atoms with Crippen molar-refractivity contribution >= 4 is 0 Å². The summed E-state index contributed by atoms with van der Waals surface area (Å²) < 4.78 is 5.84. The average molecular weight is 281 g/mol. The molecule has 2 N–H and O–H groups in total. The number of aliphatic hydroxyl groups is 1. The number of rotatable bonds is 4. The lowest BCUT2D eigenvalue weighted by molar-refractivity contribution is -0.119. The fourth-order valence-electron chi connectivity index (χ4n) is 4.84. The lowest BCUT2D eigenvalue weighted by Gasteiger charge is -2.55. The quantitative estimate of drug-likeness (QED) is 0.832. The van der Waals surface area contributed by atoms with Crippen molar-refractivity contribution in [1.29, 1.82) is 0 Å². The van der Waals surface area contributed by atoms with Crippen LogP contribution in [-0.4, -0.2) is 36.0 Å².